The number of allylic oxidation sites excluding steroid dienone is 1. The summed E-state index contributed by atoms with van der Waals surface area (Å²) in [5, 5.41) is 9.76. The van der Waals surface area contributed by atoms with Crippen molar-refractivity contribution in [1.29, 1.82) is 0 Å². The first kappa shape index (κ1) is 16.8. The number of rotatable bonds is 4. The molecule has 1 heterocycles. The van der Waals surface area contributed by atoms with Crippen LogP contribution < -0.4 is 4.74 Å². The highest BCUT2D eigenvalue weighted by atomic mass is 35.5. The van der Waals surface area contributed by atoms with Gasteiger partial charge in [-0.3, -0.25) is 4.79 Å². The molecular weight excluding hydrogens is 335 g/mol. The number of halogens is 4. The Morgan fingerprint density at radius 2 is 1.91 bits per heavy atom. The molecule has 0 saturated heterocycles. The second-order valence-corrected chi connectivity index (χ2v) is 4.77. The van der Waals surface area contributed by atoms with E-state index in [0.717, 1.165) is 18.2 Å². The van der Waals surface area contributed by atoms with Gasteiger partial charge < -0.3 is 9.84 Å². The number of carbonyl (C=O) groups excluding carboxylic acids is 1. The Morgan fingerprint density at radius 1 is 1.26 bits per heavy atom. The number of nitrogens with zero attached hydrogens (tertiary/aromatic N) is 1. The van der Waals surface area contributed by atoms with E-state index in [9.17, 15) is 23.1 Å². The summed E-state index contributed by atoms with van der Waals surface area (Å²) < 4.78 is 39.8. The van der Waals surface area contributed by atoms with E-state index in [-0.39, 0.29) is 22.2 Å². The largest absolute Gasteiger partial charge is 0.573 e. The van der Waals surface area contributed by atoms with Crippen LogP contribution in [-0.2, 0) is 0 Å². The fourth-order valence-electron chi connectivity index (χ4n) is 1.65. The summed E-state index contributed by atoms with van der Waals surface area (Å²) >= 11 is 5.61. The lowest BCUT2D eigenvalue weighted by Gasteiger charge is -2.08. The minimum atomic E-state index is -4.76. The van der Waals surface area contributed by atoms with E-state index < -0.39 is 12.1 Å². The number of hydrogen-bond donors (Lipinski definition) is 1. The predicted octanol–water partition coefficient (Wildman–Crippen LogP) is 4.24. The van der Waals surface area contributed by atoms with Crippen LogP contribution >= 0.6 is 11.6 Å². The highest BCUT2D eigenvalue weighted by Crippen LogP contribution is 2.23. The number of aromatic nitrogens is 1. The molecule has 0 aliphatic heterocycles. The van der Waals surface area contributed by atoms with Crippen molar-refractivity contribution in [2.45, 2.75) is 6.36 Å². The molecule has 1 N–H and O–H groups in total. The van der Waals surface area contributed by atoms with E-state index in [0.29, 0.717) is 5.56 Å². The van der Waals surface area contributed by atoms with Crippen LogP contribution in [0.4, 0.5) is 13.2 Å². The van der Waals surface area contributed by atoms with Gasteiger partial charge in [-0.25, -0.2) is 4.98 Å². The Kier molecular flexibility index (Phi) is 4.90. The van der Waals surface area contributed by atoms with Crippen LogP contribution in [-0.4, -0.2) is 22.2 Å². The van der Waals surface area contributed by atoms with Crippen LogP contribution in [0.2, 0.25) is 5.02 Å². The normalized spacial score (nSPS) is 11.7. The smallest absolute Gasteiger partial charge is 0.505 e. The summed E-state index contributed by atoms with van der Waals surface area (Å²) in [5.41, 5.74) is 0.295. The number of pyridine rings is 1. The van der Waals surface area contributed by atoms with Crippen molar-refractivity contribution >= 4 is 23.5 Å². The van der Waals surface area contributed by atoms with Gasteiger partial charge in [-0.15, -0.1) is 13.2 Å². The zero-order valence-electron chi connectivity index (χ0n) is 11.3. The molecule has 0 fully saturated rings. The molecule has 0 unspecified atom stereocenters. The molecule has 2 rings (SSSR count). The first-order valence-electron chi connectivity index (χ1n) is 6.17. The summed E-state index contributed by atoms with van der Waals surface area (Å²) in [6.07, 6.45) is -1.04. The van der Waals surface area contributed by atoms with Crippen LogP contribution in [0.1, 0.15) is 16.1 Å². The van der Waals surface area contributed by atoms with Gasteiger partial charge in [-0.05, 0) is 23.8 Å². The zero-order chi connectivity index (χ0) is 17.0. The number of benzene rings is 1. The molecule has 0 bridgehead atoms. The van der Waals surface area contributed by atoms with Crippen LogP contribution in [0.15, 0.2) is 42.6 Å². The van der Waals surface area contributed by atoms with Crippen molar-refractivity contribution in [3.8, 4) is 11.5 Å². The van der Waals surface area contributed by atoms with Crippen LogP contribution in [0.3, 0.4) is 0 Å². The third kappa shape index (κ3) is 5.00. The SMILES string of the molecule is O=C(C=Cc1ccc(OC(F)(F)F)cc1)c1ncc(Cl)cc1O. The number of ether oxygens (including phenoxy) is 1. The third-order valence-electron chi connectivity index (χ3n) is 2.61. The predicted molar refractivity (Wildman–Crippen MR) is 77.4 cm³/mol. The van der Waals surface area contributed by atoms with Gasteiger partial charge in [-0.2, -0.15) is 0 Å². The zero-order valence-corrected chi connectivity index (χ0v) is 12.1. The minimum Gasteiger partial charge on any atom is -0.505 e. The fraction of sp³-hybridized carbons (Fsp3) is 0.0667. The Hall–Kier alpha value is -2.54. The summed E-state index contributed by atoms with van der Waals surface area (Å²) in [6, 6.07) is 6.12. The van der Waals surface area contributed by atoms with E-state index in [1.54, 1.807) is 0 Å². The maximum Gasteiger partial charge on any atom is 0.573 e. The van der Waals surface area contributed by atoms with Gasteiger partial charge in [0.2, 0.25) is 5.78 Å². The summed E-state index contributed by atoms with van der Waals surface area (Å²) in [5.74, 6) is -1.30. The Balaban J connectivity index is 2.09. The number of aromatic hydroxyl groups is 1. The molecule has 8 heteroatoms. The molecule has 0 saturated carbocycles. The highest BCUT2D eigenvalue weighted by Gasteiger charge is 2.30. The van der Waals surface area contributed by atoms with Crippen molar-refractivity contribution in [3.05, 3.63) is 58.9 Å². The van der Waals surface area contributed by atoms with Gasteiger partial charge in [0.05, 0.1) is 5.02 Å². The van der Waals surface area contributed by atoms with Crippen molar-refractivity contribution in [1.82, 2.24) is 4.98 Å². The average molecular weight is 344 g/mol. The van der Waals surface area contributed by atoms with Crippen LogP contribution in [0, 0.1) is 0 Å². The van der Waals surface area contributed by atoms with E-state index in [1.165, 1.54) is 30.5 Å². The second kappa shape index (κ2) is 6.70. The van der Waals surface area contributed by atoms with E-state index >= 15 is 0 Å². The van der Waals surface area contributed by atoms with Crippen molar-refractivity contribution < 1.29 is 27.8 Å². The molecule has 23 heavy (non-hydrogen) atoms. The fourth-order valence-corrected chi connectivity index (χ4v) is 1.80. The lowest BCUT2D eigenvalue weighted by atomic mass is 10.1. The summed E-state index contributed by atoms with van der Waals surface area (Å²) in [7, 11) is 0. The topological polar surface area (TPSA) is 59.4 Å². The van der Waals surface area contributed by atoms with E-state index in [4.69, 9.17) is 11.6 Å². The van der Waals surface area contributed by atoms with Crippen LogP contribution in [0.5, 0.6) is 11.5 Å². The molecule has 0 spiro atoms. The number of carbonyl (C=O) groups is 1. The van der Waals surface area contributed by atoms with Crippen molar-refractivity contribution in [2.75, 3.05) is 0 Å². The second-order valence-electron chi connectivity index (χ2n) is 4.34. The average Bonchev–Trinajstić information content (AvgIpc) is 2.44. The van der Waals surface area contributed by atoms with Crippen molar-refractivity contribution in [2.24, 2.45) is 0 Å². The lowest BCUT2D eigenvalue weighted by molar-refractivity contribution is -0.274. The number of ketones is 1. The Bertz CT molecular complexity index is 743. The first-order chi connectivity index (χ1) is 10.7. The minimum absolute atomic E-state index is 0.178. The molecule has 4 nitrogen and oxygen atoms in total. The monoisotopic (exact) mass is 343 g/mol. The van der Waals surface area contributed by atoms with E-state index in [1.807, 2.05) is 0 Å². The third-order valence-corrected chi connectivity index (χ3v) is 2.82. The van der Waals surface area contributed by atoms with Gasteiger partial charge in [0.1, 0.15) is 11.5 Å². The Labute approximate surface area is 133 Å². The summed E-state index contributed by atoms with van der Waals surface area (Å²) in [4.78, 5) is 15.6. The van der Waals surface area contributed by atoms with E-state index in [2.05, 4.69) is 9.72 Å². The van der Waals surface area contributed by atoms with Gasteiger partial charge in [0.25, 0.3) is 0 Å². The molecular formula is C15H9ClF3NO3. The molecule has 0 radical (unpaired) electrons. The molecule has 1 aromatic carbocycles. The van der Waals surface area contributed by atoms with Gasteiger partial charge in [0.15, 0.2) is 5.69 Å². The Morgan fingerprint density at radius 3 is 2.48 bits per heavy atom. The quantitative estimate of drug-likeness (QED) is 0.666. The van der Waals surface area contributed by atoms with Gasteiger partial charge >= 0.3 is 6.36 Å². The highest BCUT2D eigenvalue weighted by molar-refractivity contribution is 6.30. The molecule has 0 aliphatic rings. The first-order valence-corrected chi connectivity index (χ1v) is 6.55. The van der Waals surface area contributed by atoms with Crippen LogP contribution in [0.25, 0.3) is 6.08 Å². The molecule has 0 atom stereocenters. The van der Waals surface area contributed by atoms with Crippen molar-refractivity contribution in [3.63, 3.8) is 0 Å². The summed E-state index contributed by atoms with van der Waals surface area (Å²) in [6.45, 7) is 0. The molecule has 120 valence electrons. The van der Waals surface area contributed by atoms with Gasteiger partial charge in [-0.1, -0.05) is 29.8 Å². The number of alkyl halides is 3. The molecule has 2 aromatic rings. The maximum atomic E-state index is 12.0. The van der Waals surface area contributed by atoms with Gasteiger partial charge in [0, 0.05) is 12.3 Å². The maximum absolute atomic E-state index is 12.0. The lowest BCUT2D eigenvalue weighted by Crippen LogP contribution is -2.16. The molecule has 1 aromatic heterocycles. The standard InChI is InChI=1S/C15H9ClF3NO3/c16-10-7-13(22)14(20-8-10)12(21)6-3-9-1-4-11(5-2-9)23-15(17,18)19/h1-8,22H. The molecule has 0 aliphatic carbocycles. The molecule has 0 amide bonds. The number of hydrogen-bond acceptors (Lipinski definition) is 4.